The molecule has 0 spiro atoms. The molecule has 1 N–H and O–H groups in total. The summed E-state index contributed by atoms with van der Waals surface area (Å²) in [6, 6.07) is 24.0. The Labute approximate surface area is 182 Å². The minimum absolute atomic E-state index is 0.196. The molecule has 1 atom stereocenters. The van der Waals surface area contributed by atoms with Crippen molar-refractivity contribution in [3.63, 3.8) is 0 Å². The smallest absolute Gasteiger partial charge is 0.326 e. The second-order valence-corrected chi connectivity index (χ2v) is 8.43. The Balaban J connectivity index is 1.29. The lowest BCUT2D eigenvalue weighted by atomic mass is 9.90. The van der Waals surface area contributed by atoms with Crippen LogP contribution >= 0.6 is 0 Å². The number of fused-ring (bicyclic) bond motifs is 1. The summed E-state index contributed by atoms with van der Waals surface area (Å²) in [6.07, 6.45) is 0. The van der Waals surface area contributed by atoms with Crippen molar-refractivity contribution in [2.75, 3.05) is 37.7 Å². The van der Waals surface area contributed by atoms with Gasteiger partial charge in [-0.1, -0.05) is 54.6 Å². The summed E-state index contributed by atoms with van der Waals surface area (Å²) < 4.78 is 0. The molecule has 3 amide bonds. The fraction of sp³-hybridized carbons (Fsp3) is 0.280. The number of para-hydroxylation sites is 1. The average Bonchev–Trinajstić information content (AvgIpc) is 3.03. The van der Waals surface area contributed by atoms with Crippen molar-refractivity contribution >= 4 is 28.4 Å². The third-order valence-corrected chi connectivity index (χ3v) is 6.44. The average molecular weight is 415 g/mol. The van der Waals surface area contributed by atoms with Crippen LogP contribution in [0, 0.1) is 0 Å². The first-order valence-corrected chi connectivity index (χ1v) is 10.7. The molecule has 0 aliphatic carbocycles. The quantitative estimate of drug-likeness (QED) is 0.665. The highest BCUT2D eigenvalue weighted by Gasteiger charge is 2.49. The predicted molar refractivity (Wildman–Crippen MR) is 122 cm³/mol. The van der Waals surface area contributed by atoms with E-state index >= 15 is 0 Å². The van der Waals surface area contributed by atoms with Gasteiger partial charge in [0.1, 0.15) is 5.54 Å². The Hall–Kier alpha value is -3.38. The van der Waals surface area contributed by atoms with Crippen LogP contribution < -0.4 is 10.2 Å². The lowest BCUT2D eigenvalue weighted by molar-refractivity contribution is -0.132. The van der Waals surface area contributed by atoms with Gasteiger partial charge in [-0.3, -0.25) is 9.69 Å². The van der Waals surface area contributed by atoms with Crippen molar-refractivity contribution in [1.82, 2.24) is 15.1 Å². The molecule has 31 heavy (non-hydrogen) atoms. The van der Waals surface area contributed by atoms with E-state index in [4.69, 9.17) is 0 Å². The van der Waals surface area contributed by atoms with E-state index in [9.17, 15) is 9.59 Å². The largest absolute Gasteiger partial charge is 0.369 e. The molecule has 2 aliphatic rings. The van der Waals surface area contributed by atoms with Crippen LogP contribution in [0.2, 0.25) is 0 Å². The van der Waals surface area contributed by atoms with E-state index in [2.05, 4.69) is 27.2 Å². The van der Waals surface area contributed by atoms with Crippen molar-refractivity contribution in [1.29, 1.82) is 0 Å². The highest BCUT2D eigenvalue weighted by Crippen LogP contribution is 2.31. The molecular formula is C25H26N4O2. The van der Waals surface area contributed by atoms with Gasteiger partial charge in [-0.05, 0) is 41.5 Å². The van der Waals surface area contributed by atoms with Crippen molar-refractivity contribution in [3.8, 4) is 0 Å². The lowest BCUT2D eigenvalue weighted by Crippen LogP contribution is -2.51. The van der Waals surface area contributed by atoms with E-state index in [0.29, 0.717) is 6.67 Å². The van der Waals surface area contributed by atoms with Gasteiger partial charge < -0.3 is 10.2 Å². The van der Waals surface area contributed by atoms with Gasteiger partial charge >= 0.3 is 6.03 Å². The minimum Gasteiger partial charge on any atom is -0.369 e. The van der Waals surface area contributed by atoms with E-state index in [1.165, 1.54) is 10.6 Å². The molecule has 2 heterocycles. The molecule has 6 heteroatoms. The normalized spacial score (nSPS) is 22.2. The third kappa shape index (κ3) is 3.53. The number of amides is 3. The Kier molecular flexibility index (Phi) is 4.87. The number of urea groups is 1. The van der Waals surface area contributed by atoms with Crippen LogP contribution in [0.1, 0.15) is 12.5 Å². The molecule has 2 fully saturated rings. The number of nitrogens with one attached hydrogen (secondary N) is 1. The molecule has 3 aromatic rings. The zero-order valence-electron chi connectivity index (χ0n) is 17.6. The molecule has 1 unspecified atom stereocenters. The summed E-state index contributed by atoms with van der Waals surface area (Å²) in [5.74, 6) is -0.196. The number of hydrogen-bond acceptors (Lipinski definition) is 4. The summed E-state index contributed by atoms with van der Waals surface area (Å²) >= 11 is 0. The van der Waals surface area contributed by atoms with Gasteiger partial charge in [0.05, 0.1) is 6.67 Å². The standard InChI is InChI=1S/C25H26N4O2/c1-25(21-12-11-19-7-5-6-8-20(19)17-21)23(30)29(24(31)26-25)18-27-13-15-28(16-14-27)22-9-3-2-4-10-22/h2-12,17H,13-16,18H2,1H3,(H,26,31). The first-order valence-electron chi connectivity index (χ1n) is 10.7. The first kappa shape index (κ1) is 19.6. The summed E-state index contributed by atoms with van der Waals surface area (Å²) in [5, 5.41) is 5.10. The number of benzene rings is 3. The highest BCUT2D eigenvalue weighted by atomic mass is 16.2. The van der Waals surface area contributed by atoms with Crippen molar-refractivity contribution in [2.45, 2.75) is 12.5 Å². The summed E-state index contributed by atoms with van der Waals surface area (Å²) in [7, 11) is 0. The van der Waals surface area contributed by atoms with Gasteiger partial charge in [-0.25, -0.2) is 9.69 Å². The second kappa shape index (κ2) is 7.71. The van der Waals surface area contributed by atoms with Gasteiger partial charge in [-0.15, -0.1) is 0 Å². The fourth-order valence-electron chi connectivity index (χ4n) is 4.51. The van der Waals surface area contributed by atoms with Crippen LogP contribution in [0.15, 0.2) is 72.8 Å². The molecule has 2 saturated heterocycles. The van der Waals surface area contributed by atoms with Gasteiger partial charge in [0.25, 0.3) is 5.91 Å². The van der Waals surface area contributed by atoms with Crippen molar-refractivity contribution in [3.05, 3.63) is 78.4 Å². The predicted octanol–water partition coefficient (Wildman–Crippen LogP) is 3.39. The monoisotopic (exact) mass is 414 g/mol. The molecule has 3 aromatic carbocycles. The zero-order chi connectivity index (χ0) is 21.4. The number of imide groups is 1. The second-order valence-electron chi connectivity index (χ2n) is 8.43. The summed E-state index contributed by atoms with van der Waals surface area (Å²) in [6.45, 7) is 5.46. The number of piperazine rings is 1. The summed E-state index contributed by atoms with van der Waals surface area (Å²) in [4.78, 5) is 32.0. The van der Waals surface area contributed by atoms with Crippen LogP contribution in [0.5, 0.6) is 0 Å². The lowest BCUT2D eigenvalue weighted by Gasteiger charge is -2.37. The molecule has 2 aliphatic heterocycles. The molecule has 0 radical (unpaired) electrons. The molecule has 6 nitrogen and oxygen atoms in total. The summed E-state index contributed by atoms with van der Waals surface area (Å²) in [5.41, 5.74) is 0.967. The SMILES string of the molecule is CC1(c2ccc3ccccc3c2)NC(=O)N(CN2CCN(c3ccccc3)CC2)C1=O. The van der Waals surface area contributed by atoms with Crippen LogP contribution in [0.4, 0.5) is 10.5 Å². The topological polar surface area (TPSA) is 55.9 Å². The van der Waals surface area contributed by atoms with Crippen molar-refractivity contribution < 1.29 is 9.59 Å². The van der Waals surface area contributed by atoms with E-state index in [1.807, 2.05) is 60.7 Å². The molecular weight excluding hydrogens is 388 g/mol. The first-order chi connectivity index (χ1) is 15.0. The van der Waals surface area contributed by atoms with Crippen LogP contribution in [-0.2, 0) is 10.3 Å². The Morgan fingerprint density at radius 2 is 1.52 bits per heavy atom. The maximum absolute atomic E-state index is 13.3. The molecule has 0 bridgehead atoms. The maximum Gasteiger partial charge on any atom is 0.326 e. The van der Waals surface area contributed by atoms with E-state index in [-0.39, 0.29) is 11.9 Å². The van der Waals surface area contributed by atoms with Gasteiger partial charge in [-0.2, -0.15) is 0 Å². The zero-order valence-corrected chi connectivity index (χ0v) is 17.6. The maximum atomic E-state index is 13.3. The Morgan fingerprint density at radius 1 is 0.839 bits per heavy atom. The third-order valence-electron chi connectivity index (χ3n) is 6.44. The van der Waals surface area contributed by atoms with Gasteiger partial charge in [0.2, 0.25) is 0 Å². The van der Waals surface area contributed by atoms with Crippen LogP contribution in [-0.4, -0.2) is 54.6 Å². The molecule has 0 saturated carbocycles. The Bertz CT molecular complexity index is 1120. The fourth-order valence-corrected chi connectivity index (χ4v) is 4.51. The van der Waals surface area contributed by atoms with Crippen molar-refractivity contribution in [2.24, 2.45) is 0 Å². The molecule has 5 rings (SSSR count). The van der Waals surface area contributed by atoms with Crippen LogP contribution in [0.3, 0.4) is 0 Å². The molecule has 0 aromatic heterocycles. The van der Waals surface area contributed by atoms with Gasteiger partial charge in [0.15, 0.2) is 0 Å². The number of rotatable bonds is 4. The highest BCUT2D eigenvalue weighted by molar-refractivity contribution is 6.07. The molecule has 158 valence electrons. The van der Waals surface area contributed by atoms with Crippen LogP contribution in [0.25, 0.3) is 10.8 Å². The van der Waals surface area contributed by atoms with Gasteiger partial charge in [0, 0.05) is 31.9 Å². The van der Waals surface area contributed by atoms with E-state index in [0.717, 1.165) is 42.5 Å². The van der Waals surface area contributed by atoms with E-state index in [1.54, 1.807) is 6.92 Å². The minimum atomic E-state index is -1.05. The number of carbonyl (C=O) groups is 2. The Morgan fingerprint density at radius 3 is 2.26 bits per heavy atom. The number of anilines is 1. The number of nitrogens with zero attached hydrogens (tertiary/aromatic N) is 3. The number of hydrogen-bond donors (Lipinski definition) is 1. The number of carbonyl (C=O) groups excluding carboxylic acids is 2. The van der Waals surface area contributed by atoms with E-state index < -0.39 is 5.54 Å².